The molecule has 1 aliphatic heterocycles. The van der Waals surface area contributed by atoms with Gasteiger partial charge in [0.2, 0.25) is 0 Å². The minimum Gasteiger partial charge on any atom is -0.360 e. The highest BCUT2D eigenvalue weighted by atomic mass is 16.1. The minimum atomic E-state index is -0.144. The fourth-order valence-corrected chi connectivity index (χ4v) is 4.00. The second kappa shape index (κ2) is 7.95. The molecule has 3 aromatic rings. The van der Waals surface area contributed by atoms with Crippen molar-refractivity contribution in [3.8, 4) is 0 Å². The molecule has 1 saturated heterocycles. The molecule has 0 bridgehead atoms. The Kier molecular flexibility index (Phi) is 5.37. The number of hydrogen-bond acceptors (Lipinski definition) is 5. The lowest BCUT2D eigenvalue weighted by Crippen LogP contribution is -2.52. The number of nitrogens with one attached hydrogen (secondary N) is 1. The van der Waals surface area contributed by atoms with Gasteiger partial charge < -0.3 is 9.88 Å². The lowest BCUT2D eigenvalue weighted by molar-refractivity contribution is 0.0831. The second-order valence-electron chi connectivity index (χ2n) is 8.19. The largest absolute Gasteiger partial charge is 0.360 e. The number of aromatic amines is 1. The van der Waals surface area contributed by atoms with Crippen LogP contribution in [0.3, 0.4) is 0 Å². The molecule has 152 valence electrons. The number of carbonyl (C=O) groups excluding carboxylic acids is 1. The van der Waals surface area contributed by atoms with Crippen molar-refractivity contribution in [1.29, 1.82) is 0 Å². The molecule has 0 unspecified atom stereocenters. The molecule has 29 heavy (non-hydrogen) atoms. The van der Waals surface area contributed by atoms with Gasteiger partial charge in [-0.1, -0.05) is 32.0 Å². The van der Waals surface area contributed by atoms with E-state index in [2.05, 4.69) is 39.7 Å². The van der Waals surface area contributed by atoms with Gasteiger partial charge in [0.1, 0.15) is 11.6 Å². The molecule has 6 nitrogen and oxygen atoms in total. The SMILES string of the molecule is Cc1cc(N2CCN([C@H](C)C(=O)c3c[nH]c4ccccc34)CC2)nc(C(C)C)n1. The zero-order valence-electron chi connectivity index (χ0n) is 17.6. The van der Waals surface area contributed by atoms with Gasteiger partial charge in [-0.15, -0.1) is 0 Å². The van der Waals surface area contributed by atoms with Crippen LogP contribution in [0.25, 0.3) is 10.9 Å². The molecule has 2 aromatic heterocycles. The highest BCUT2D eigenvalue weighted by Gasteiger charge is 2.28. The lowest BCUT2D eigenvalue weighted by atomic mass is 10.0. The van der Waals surface area contributed by atoms with E-state index in [4.69, 9.17) is 4.98 Å². The normalized spacial score (nSPS) is 16.5. The number of nitrogens with zero attached hydrogens (tertiary/aromatic N) is 4. The van der Waals surface area contributed by atoms with Crippen LogP contribution in [-0.2, 0) is 0 Å². The quantitative estimate of drug-likeness (QED) is 0.671. The number of H-pyrrole nitrogens is 1. The van der Waals surface area contributed by atoms with Crippen LogP contribution in [0.15, 0.2) is 36.5 Å². The van der Waals surface area contributed by atoms with E-state index in [1.165, 1.54) is 0 Å². The number of benzene rings is 1. The summed E-state index contributed by atoms with van der Waals surface area (Å²) in [4.78, 5) is 30.2. The molecule has 3 heterocycles. The van der Waals surface area contributed by atoms with E-state index in [0.29, 0.717) is 5.92 Å². The average molecular weight is 392 g/mol. The lowest BCUT2D eigenvalue weighted by Gasteiger charge is -2.38. The smallest absolute Gasteiger partial charge is 0.181 e. The first kappa shape index (κ1) is 19.6. The average Bonchev–Trinajstić information content (AvgIpc) is 3.16. The van der Waals surface area contributed by atoms with Crippen molar-refractivity contribution in [3.63, 3.8) is 0 Å². The molecule has 1 fully saturated rings. The monoisotopic (exact) mass is 391 g/mol. The first-order valence-corrected chi connectivity index (χ1v) is 10.4. The van der Waals surface area contributed by atoms with Crippen LogP contribution in [0, 0.1) is 6.92 Å². The molecular weight excluding hydrogens is 362 g/mol. The Bertz CT molecular complexity index is 1020. The predicted octanol–water partition coefficient (Wildman–Crippen LogP) is 3.78. The van der Waals surface area contributed by atoms with Crippen LogP contribution in [0.4, 0.5) is 5.82 Å². The zero-order chi connectivity index (χ0) is 20.5. The van der Waals surface area contributed by atoms with Crippen molar-refractivity contribution in [3.05, 3.63) is 53.6 Å². The molecule has 4 rings (SSSR count). The van der Waals surface area contributed by atoms with Crippen molar-refractivity contribution in [1.82, 2.24) is 19.9 Å². The first-order chi connectivity index (χ1) is 13.9. The number of aryl methyl sites for hydroxylation is 1. The molecule has 0 radical (unpaired) electrons. The number of carbonyl (C=O) groups is 1. The maximum absolute atomic E-state index is 13.1. The molecule has 1 aliphatic rings. The van der Waals surface area contributed by atoms with Crippen LogP contribution in [0.1, 0.15) is 48.6 Å². The molecule has 0 saturated carbocycles. The van der Waals surface area contributed by atoms with Crippen LogP contribution >= 0.6 is 0 Å². The fourth-order valence-electron chi connectivity index (χ4n) is 4.00. The van der Waals surface area contributed by atoms with E-state index in [1.54, 1.807) is 0 Å². The summed E-state index contributed by atoms with van der Waals surface area (Å²) in [6.07, 6.45) is 1.84. The summed E-state index contributed by atoms with van der Waals surface area (Å²) < 4.78 is 0. The maximum atomic E-state index is 13.1. The summed E-state index contributed by atoms with van der Waals surface area (Å²) in [7, 11) is 0. The minimum absolute atomic E-state index is 0.144. The molecule has 0 amide bonds. The van der Waals surface area contributed by atoms with Crippen molar-refractivity contribution >= 4 is 22.5 Å². The molecule has 0 aliphatic carbocycles. The van der Waals surface area contributed by atoms with E-state index >= 15 is 0 Å². The van der Waals surface area contributed by atoms with Crippen LogP contribution < -0.4 is 4.90 Å². The molecule has 1 N–H and O–H groups in total. The van der Waals surface area contributed by atoms with Gasteiger partial charge in [-0.3, -0.25) is 9.69 Å². The van der Waals surface area contributed by atoms with Gasteiger partial charge in [0.15, 0.2) is 5.78 Å². The highest BCUT2D eigenvalue weighted by Crippen LogP contribution is 2.23. The number of anilines is 1. The number of piperazine rings is 1. The summed E-state index contributed by atoms with van der Waals surface area (Å²) in [5.41, 5.74) is 2.79. The fraction of sp³-hybridized carbons (Fsp3) is 0.435. The third-order valence-corrected chi connectivity index (χ3v) is 5.79. The Morgan fingerprint density at radius 2 is 1.79 bits per heavy atom. The number of Topliss-reactive ketones (excluding diaryl/α,β-unsaturated/α-hetero) is 1. The number of aromatic nitrogens is 3. The standard InChI is InChI=1S/C23H29N5O/c1-15(2)23-25-16(3)13-21(26-23)28-11-9-27(10-12-28)17(4)22(29)19-14-24-20-8-6-5-7-18(19)20/h5-8,13-15,17,24H,9-12H2,1-4H3/t17-/m1/s1. The topological polar surface area (TPSA) is 65.1 Å². The van der Waals surface area contributed by atoms with Gasteiger partial charge in [0, 0.05) is 66.5 Å². The van der Waals surface area contributed by atoms with Gasteiger partial charge in [0.05, 0.1) is 6.04 Å². The molecular formula is C23H29N5O. The van der Waals surface area contributed by atoms with Gasteiger partial charge >= 0.3 is 0 Å². The van der Waals surface area contributed by atoms with E-state index in [9.17, 15) is 4.79 Å². The van der Waals surface area contributed by atoms with Crippen molar-refractivity contribution in [2.75, 3.05) is 31.1 Å². The van der Waals surface area contributed by atoms with Gasteiger partial charge in [0.25, 0.3) is 0 Å². The predicted molar refractivity (Wildman–Crippen MR) is 117 cm³/mol. The first-order valence-electron chi connectivity index (χ1n) is 10.4. The van der Waals surface area contributed by atoms with Crippen molar-refractivity contribution < 1.29 is 4.79 Å². The van der Waals surface area contributed by atoms with Crippen LogP contribution in [0.2, 0.25) is 0 Å². The Balaban J connectivity index is 1.45. The van der Waals surface area contributed by atoms with Crippen molar-refractivity contribution in [2.24, 2.45) is 0 Å². The third kappa shape index (κ3) is 3.90. The van der Waals surface area contributed by atoms with Gasteiger partial charge in [-0.25, -0.2) is 9.97 Å². The third-order valence-electron chi connectivity index (χ3n) is 5.79. The molecule has 1 aromatic carbocycles. The number of hydrogen-bond donors (Lipinski definition) is 1. The maximum Gasteiger partial charge on any atom is 0.181 e. The van der Waals surface area contributed by atoms with E-state index in [0.717, 1.165) is 60.0 Å². The summed E-state index contributed by atoms with van der Waals surface area (Å²) >= 11 is 0. The van der Waals surface area contributed by atoms with Crippen LogP contribution in [-0.4, -0.2) is 57.9 Å². The van der Waals surface area contributed by atoms with Crippen molar-refractivity contribution in [2.45, 2.75) is 39.7 Å². The van der Waals surface area contributed by atoms with E-state index < -0.39 is 0 Å². The number of rotatable bonds is 5. The number of fused-ring (bicyclic) bond motifs is 1. The molecule has 6 heteroatoms. The van der Waals surface area contributed by atoms with Crippen LogP contribution in [0.5, 0.6) is 0 Å². The second-order valence-corrected chi connectivity index (χ2v) is 8.19. The van der Waals surface area contributed by atoms with E-state index in [-0.39, 0.29) is 11.8 Å². The number of para-hydroxylation sites is 1. The summed E-state index contributed by atoms with van der Waals surface area (Å²) in [5, 5.41) is 1.00. The Labute approximate surface area is 172 Å². The zero-order valence-corrected chi connectivity index (χ0v) is 17.6. The Morgan fingerprint density at radius 1 is 1.07 bits per heavy atom. The van der Waals surface area contributed by atoms with E-state index in [1.807, 2.05) is 44.3 Å². The Morgan fingerprint density at radius 3 is 2.52 bits per heavy atom. The van der Waals surface area contributed by atoms with Gasteiger partial charge in [-0.05, 0) is 19.9 Å². The van der Waals surface area contributed by atoms with Gasteiger partial charge in [-0.2, -0.15) is 0 Å². The highest BCUT2D eigenvalue weighted by molar-refractivity contribution is 6.10. The molecule has 0 spiro atoms. The summed E-state index contributed by atoms with van der Waals surface area (Å²) in [5.74, 6) is 2.38. The molecule has 1 atom stereocenters. The summed E-state index contributed by atoms with van der Waals surface area (Å²) in [6, 6.07) is 9.89. The Hall–Kier alpha value is -2.73. The number of ketones is 1. The summed E-state index contributed by atoms with van der Waals surface area (Å²) in [6.45, 7) is 11.7.